The Labute approximate surface area is 181 Å². The van der Waals surface area contributed by atoms with Crippen molar-refractivity contribution in [2.45, 2.75) is 27.2 Å². The zero-order valence-electron chi connectivity index (χ0n) is 18.1. The number of nitrogens with zero attached hydrogens (tertiary/aromatic N) is 2. The summed E-state index contributed by atoms with van der Waals surface area (Å²) in [6.45, 7) is 5.57. The first-order chi connectivity index (χ1) is 14.8. The molecule has 0 atom stereocenters. The van der Waals surface area contributed by atoms with E-state index in [9.17, 15) is 20.0 Å². The number of carbonyl (C=O) groups is 2. The van der Waals surface area contributed by atoms with Crippen LogP contribution in [0.4, 0.5) is 5.69 Å². The second-order valence-corrected chi connectivity index (χ2v) is 7.64. The number of rotatable bonds is 6. The van der Waals surface area contributed by atoms with Gasteiger partial charge in [-0.2, -0.15) is 5.26 Å². The maximum Gasteiger partial charge on any atom is 0.353 e. The molecule has 158 valence electrons. The molecular weight excluding hydrogens is 390 g/mol. The lowest BCUT2D eigenvalue weighted by Crippen LogP contribution is -2.18. The van der Waals surface area contributed by atoms with Gasteiger partial charge in [-0.1, -0.05) is 63.2 Å². The normalized spacial score (nSPS) is 10.7. The van der Waals surface area contributed by atoms with Gasteiger partial charge in [0.1, 0.15) is 11.8 Å². The summed E-state index contributed by atoms with van der Waals surface area (Å²) in [7, 11) is 1.68. The van der Waals surface area contributed by atoms with Crippen molar-refractivity contribution in [2.24, 2.45) is 13.0 Å². The Morgan fingerprint density at radius 1 is 1.10 bits per heavy atom. The first kappa shape index (κ1) is 21.8. The number of carboxylic acids is 1. The van der Waals surface area contributed by atoms with E-state index in [1.807, 2.05) is 69.3 Å². The summed E-state index contributed by atoms with van der Waals surface area (Å²) >= 11 is 0. The van der Waals surface area contributed by atoms with Crippen LogP contribution in [0.1, 0.15) is 42.5 Å². The fourth-order valence-corrected chi connectivity index (χ4v) is 3.74. The first-order valence-corrected chi connectivity index (χ1v) is 10.2. The number of para-hydroxylation sites is 1. The van der Waals surface area contributed by atoms with Crippen molar-refractivity contribution < 1.29 is 14.7 Å². The lowest BCUT2D eigenvalue weighted by Gasteiger charge is -2.13. The Balaban J connectivity index is 2.08. The Kier molecular flexibility index (Phi) is 6.26. The van der Waals surface area contributed by atoms with Crippen LogP contribution >= 0.6 is 0 Å². The molecule has 0 saturated carbocycles. The van der Waals surface area contributed by atoms with Gasteiger partial charge < -0.3 is 15.0 Å². The number of nitriles is 1. The van der Waals surface area contributed by atoms with Gasteiger partial charge in [-0.15, -0.1) is 0 Å². The zero-order valence-corrected chi connectivity index (χ0v) is 18.1. The molecule has 0 saturated heterocycles. The van der Waals surface area contributed by atoms with E-state index >= 15 is 0 Å². The van der Waals surface area contributed by atoms with E-state index in [0.717, 1.165) is 11.1 Å². The number of hydrogen-bond donors (Lipinski definition) is 2. The minimum Gasteiger partial charge on any atom is -0.477 e. The molecule has 1 heterocycles. The molecule has 6 heteroatoms. The predicted molar refractivity (Wildman–Crippen MR) is 121 cm³/mol. The molecule has 0 spiro atoms. The van der Waals surface area contributed by atoms with Crippen LogP contribution in [0, 0.1) is 17.2 Å². The third-order valence-corrected chi connectivity index (χ3v) is 5.36. The first-order valence-electron chi connectivity index (χ1n) is 10.2. The van der Waals surface area contributed by atoms with Gasteiger partial charge in [0, 0.05) is 35.5 Å². The topological polar surface area (TPSA) is 95.1 Å². The lowest BCUT2D eigenvalue weighted by molar-refractivity contribution is -0.118. The third-order valence-electron chi connectivity index (χ3n) is 5.36. The van der Waals surface area contributed by atoms with Gasteiger partial charge >= 0.3 is 5.97 Å². The summed E-state index contributed by atoms with van der Waals surface area (Å²) in [5, 5.41) is 22.4. The number of hydrogen-bond acceptors (Lipinski definition) is 3. The SMILES string of the molecule is CCc1c(C#N)c(-c2ccc(-c3ccccc3NC(=O)C(C)C)cc2)c(C(=O)O)n1C. The molecule has 1 amide bonds. The number of carboxylic acid groups (broad SMARTS) is 1. The summed E-state index contributed by atoms with van der Waals surface area (Å²) in [6.07, 6.45) is 0.556. The van der Waals surface area contributed by atoms with Gasteiger partial charge in [-0.05, 0) is 23.6 Å². The number of amides is 1. The number of carbonyl (C=O) groups excluding carboxylic acids is 1. The van der Waals surface area contributed by atoms with E-state index in [0.29, 0.717) is 34.5 Å². The highest BCUT2D eigenvalue weighted by Gasteiger charge is 2.25. The van der Waals surface area contributed by atoms with Crippen LogP contribution in [-0.4, -0.2) is 21.6 Å². The highest BCUT2D eigenvalue weighted by molar-refractivity contribution is 5.98. The molecule has 3 rings (SSSR count). The van der Waals surface area contributed by atoms with E-state index in [1.54, 1.807) is 11.6 Å². The number of aromatic carboxylic acids is 1. The monoisotopic (exact) mass is 415 g/mol. The standard InChI is InChI=1S/C25H25N3O3/c1-5-21-19(14-26)22(23(25(30)31)28(21)4)17-12-10-16(11-13-17)18-8-6-7-9-20(18)27-24(29)15(2)3/h6-13,15H,5H2,1-4H3,(H,27,29)(H,30,31). The minimum atomic E-state index is -1.07. The van der Waals surface area contributed by atoms with E-state index in [4.69, 9.17) is 0 Å². The molecule has 0 unspecified atom stereocenters. The Hall–Kier alpha value is -3.85. The molecule has 2 aromatic carbocycles. The van der Waals surface area contributed by atoms with E-state index in [2.05, 4.69) is 11.4 Å². The molecule has 0 aliphatic carbocycles. The smallest absolute Gasteiger partial charge is 0.353 e. The quantitative estimate of drug-likeness (QED) is 0.586. The third kappa shape index (κ3) is 4.08. The van der Waals surface area contributed by atoms with Crippen molar-refractivity contribution in [1.82, 2.24) is 4.57 Å². The van der Waals surface area contributed by atoms with Gasteiger partial charge in [-0.3, -0.25) is 4.79 Å². The van der Waals surface area contributed by atoms with Gasteiger partial charge in [-0.25, -0.2) is 4.79 Å². The molecule has 1 aromatic heterocycles. The summed E-state index contributed by atoms with van der Waals surface area (Å²) < 4.78 is 1.58. The number of anilines is 1. The zero-order chi connectivity index (χ0) is 22.7. The van der Waals surface area contributed by atoms with E-state index in [-0.39, 0.29) is 17.5 Å². The van der Waals surface area contributed by atoms with E-state index in [1.165, 1.54) is 0 Å². The van der Waals surface area contributed by atoms with Crippen molar-refractivity contribution in [1.29, 1.82) is 5.26 Å². The Morgan fingerprint density at radius 3 is 2.26 bits per heavy atom. The van der Waals surface area contributed by atoms with Gasteiger partial charge in [0.15, 0.2) is 0 Å². The molecule has 0 aliphatic rings. The highest BCUT2D eigenvalue weighted by Crippen LogP contribution is 2.35. The average Bonchev–Trinajstić information content (AvgIpc) is 3.05. The van der Waals surface area contributed by atoms with Crippen LogP contribution < -0.4 is 5.32 Å². The van der Waals surface area contributed by atoms with Crippen molar-refractivity contribution in [3.05, 3.63) is 65.5 Å². The summed E-state index contributed by atoms with van der Waals surface area (Å²) in [5.74, 6) is -1.27. The van der Waals surface area contributed by atoms with Gasteiger partial charge in [0.05, 0.1) is 5.56 Å². The molecule has 0 bridgehead atoms. The van der Waals surface area contributed by atoms with Crippen LogP contribution in [0.15, 0.2) is 48.5 Å². The molecule has 0 aliphatic heterocycles. The van der Waals surface area contributed by atoms with E-state index < -0.39 is 5.97 Å². The fraction of sp³-hybridized carbons (Fsp3) is 0.240. The number of aromatic nitrogens is 1. The molecule has 3 aromatic rings. The molecule has 0 radical (unpaired) electrons. The van der Waals surface area contributed by atoms with Crippen molar-refractivity contribution in [2.75, 3.05) is 5.32 Å². The van der Waals surface area contributed by atoms with Crippen molar-refractivity contribution >= 4 is 17.6 Å². The minimum absolute atomic E-state index is 0.0646. The lowest BCUT2D eigenvalue weighted by atomic mass is 9.96. The van der Waals surface area contributed by atoms with Gasteiger partial charge in [0.2, 0.25) is 5.91 Å². The maximum atomic E-state index is 12.2. The molecular formula is C25H25N3O3. The van der Waals surface area contributed by atoms with Crippen LogP contribution in [0.3, 0.4) is 0 Å². The molecule has 6 nitrogen and oxygen atoms in total. The number of benzene rings is 2. The van der Waals surface area contributed by atoms with Gasteiger partial charge in [0.25, 0.3) is 0 Å². The van der Waals surface area contributed by atoms with Crippen LogP contribution in [0.2, 0.25) is 0 Å². The average molecular weight is 415 g/mol. The Morgan fingerprint density at radius 2 is 1.71 bits per heavy atom. The highest BCUT2D eigenvalue weighted by atomic mass is 16.4. The summed E-state index contributed by atoms with van der Waals surface area (Å²) in [4.78, 5) is 24.1. The maximum absolute atomic E-state index is 12.2. The molecule has 2 N–H and O–H groups in total. The van der Waals surface area contributed by atoms with Crippen molar-refractivity contribution in [3.63, 3.8) is 0 Å². The fourth-order valence-electron chi connectivity index (χ4n) is 3.74. The predicted octanol–water partition coefficient (Wildman–Crippen LogP) is 5.09. The van der Waals surface area contributed by atoms with Crippen LogP contribution in [0.5, 0.6) is 0 Å². The summed E-state index contributed by atoms with van der Waals surface area (Å²) in [6, 6.07) is 17.1. The molecule has 0 fully saturated rings. The van der Waals surface area contributed by atoms with Crippen molar-refractivity contribution in [3.8, 4) is 28.3 Å². The summed E-state index contributed by atoms with van der Waals surface area (Å²) in [5.41, 5.74) is 4.74. The second kappa shape index (κ2) is 8.88. The second-order valence-electron chi connectivity index (χ2n) is 7.64. The number of nitrogens with one attached hydrogen (secondary N) is 1. The largest absolute Gasteiger partial charge is 0.477 e. The Bertz CT molecular complexity index is 1180. The van der Waals surface area contributed by atoms with Crippen LogP contribution in [0.25, 0.3) is 22.3 Å². The van der Waals surface area contributed by atoms with Crippen LogP contribution in [-0.2, 0) is 18.3 Å². The molecule has 31 heavy (non-hydrogen) atoms.